The minimum atomic E-state index is -4.20. The summed E-state index contributed by atoms with van der Waals surface area (Å²) in [5.41, 5.74) is 10.2. The summed E-state index contributed by atoms with van der Waals surface area (Å²) in [7, 11) is -4.20. The molecule has 0 unspecified atom stereocenters. The smallest absolute Gasteiger partial charge is 0.748 e. The van der Waals surface area contributed by atoms with Crippen LogP contribution in [0.1, 0.15) is 12.8 Å². The molecule has 0 saturated carbocycles. The maximum atomic E-state index is 10.4. The zero-order chi connectivity index (χ0) is 8.91. The van der Waals surface area contributed by atoms with Crippen molar-refractivity contribution >= 4 is 10.1 Å². The fraction of sp³-hybridized carbons (Fsp3) is 1.00. The third kappa shape index (κ3) is 6.36. The summed E-state index contributed by atoms with van der Waals surface area (Å²) in [6.45, 7) is 0.401. The topological polar surface area (TPSA) is 109 Å². The molecule has 12 heavy (non-hydrogen) atoms. The van der Waals surface area contributed by atoms with Crippen molar-refractivity contribution in [3.63, 3.8) is 0 Å². The second-order valence-corrected chi connectivity index (χ2v) is 3.92. The van der Waals surface area contributed by atoms with Gasteiger partial charge in [-0.05, 0) is 25.9 Å². The molecule has 0 rings (SSSR count). The molecule has 0 fully saturated rings. The normalized spacial score (nSPS) is 11.3. The summed E-state index contributed by atoms with van der Waals surface area (Å²) in [5, 5.41) is -0.905. The quantitative estimate of drug-likeness (QED) is 0.347. The number of rotatable bonds is 5. The van der Waals surface area contributed by atoms with Crippen molar-refractivity contribution in [2.75, 3.05) is 13.1 Å². The molecule has 0 amide bonds. The van der Waals surface area contributed by atoms with Gasteiger partial charge in [-0.1, -0.05) is 0 Å². The summed E-state index contributed by atoms with van der Waals surface area (Å²) in [6.07, 6.45) is 0.395. The monoisotopic (exact) mass is 204 g/mol. The molecule has 0 aromatic carbocycles. The average Bonchev–Trinajstić information content (AvgIpc) is 1.85. The van der Waals surface area contributed by atoms with Gasteiger partial charge in [0.05, 0.1) is 15.4 Å². The Bertz CT molecular complexity index is 189. The van der Waals surface area contributed by atoms with Crippen LogP contribution in [0.2, 0.25) is 0 Å². The molecule has 68 valence electrons. The van der Waals surface area contributed by atoms with E-state index in [1.54, 1.807) is 0 Å². The van der Waals surface area contributed by atoms with Gasteiger partial charge in [0, 0.05) is 0 Å². The molecule has 4 N–H and O–H groups in total. The van der Waals surface area contributed by atoms with E-state index < -0.39 is 15.4 Å². The van der Waals surface area contributed by atoms with Gasteiger partial charge >= 0.3 is 29.6 Å². The van der Waals surface area contributed by atoms with E-state index in [-0.39, 0.29) is 55.5 Å². The summed E-state index contributed by atoms with van der Waals surface area (Å²) in [4.78, 5) is 0. The molecule has 0 bridgehead atoms. The minimum Gasteiger partial charge on any atom is -0.748 e. The van der Waals surface area contributed by atoms with Crippen LogP contribution in [-0.4, -0.2) is 31.3 Å². The van der Waals surface area contributed by atoms with Crippen molar-refractivity contribution in [3.05, 3.63) is 0 Å². The van der Waals surface area contributed by atoms with Crippen molar-refractivity contribution < 1.29 is 42.5 Å². The molecule has 0 aliphatic rings. The third-order valence-electron chi connectivity index (χ3n) is 1.39. The Kier molecular flexibility index (Phi) is 9.25. The SMILES string of the molecule is NCCC(CCN)S(=O)(=O)[O-].[Na+]. The minimum absolute atomic E-state index is 0. The van der Waals surface area contributed by atoms with E-state index in [0.717, 1.165) is 0 Å². The fourth-order valence-electron chi connectivity index (χ4n) is 0.805. The van der Waals surface area contributed by atoms with E-state index in [1.807, 2.05) is 0 Å². The maximum absolute atomic E-state index is 10.4. The molecule has 5 nitrogen and oxygen atoms in total. The van der Waals surface area contributed by atoms with Crippen LogP contribution in [0.25, 0.3) is 0 Å². The third-order valence-corrected chi connectivity index (χ3v) is 2.67. The summed E-state index contributed by atoms with van der Waals surface area (Å²) in [5.74, 6) is 0. The van der Waals surface area contributed by atoms with Crippen LogP contribution in [-0.2, 0) is 10.1 Å². The molecule has 7 heteroatoms. The first-order chi connectivity index (χ1) is 5.02. The average molecular weight is 204 g/mol. The molecule has 0 spiro atoms. The predicted octanol–water partition coefficient (Wildman–Crippen LogP) is -4.40. The van der Waals surface area contributed by atoms with Crippen molar-refractivity contribution in [1.82, 2.24) is 0 Å². The number of nitrogens with two attached hydrogens (primary N) is 2. The summed E-state index contributed by atoms with van der Waals surface area (Å²) in [6, 6.07) is 0. The first kappa shape index (κ1) is 15.3. The first-order valence-corrected chi connectivity index (χ1v) is 4.84. The molecular weight excluding hydrogens is 191 g/mol. The van der Waals surface area contributed by atoms with Gasteiger partial charge in [-0.25, -0.2) is 8.42 Å². The number of hydrogen-bond donors (Lipinski definition) is 2. The second kappa shape index (κ2) is 7.25. The van der Waals surface area contributed by atoms with Gasteiger partial charge in [0.15, 0.2) is 0 Å². The maximum Gasteiger partial charge on any atom is 1.00 e. The van der Waals surface area contributed by atoms with Crippen molar-refractivity contribution in [2.24, 2.45) is 11.5 Å². The number of hydrogen-bond acceptors (Lipinski definition) is 5. The zero-order valence-corrected chi connectivity index (χ0v) is 10.0. The van der Waals surface area contributed by atoms with Crippen molar-refractivity contribution in [3.8, 4) is 0 Å². The van der Waals surface area contributed by atoms with Gasteiger partial charge in [0.1, 0.15) is 0 Å². The molecule has 0 aliphatic carbocycles. The molecule has 0 aliphatic heterocycles. The van der Waals surface area contributed by atoms with Crippen LogP contribution in [0, 0.1) is 0 Å². The Morgan fingerprint density at radius 2 is 1.50 bits per heavy atom. The van der Waals surface area contributed by atoms with Crippen LogP contribution in [0.5, 0.6) is 0 Å². The van der Waals surface area contributed by atoms with E-state index in [1.165, 1.54) is 0 Å². The molecule has 0 aromatic heterocycles. The van der Waals surface area contributed by atoms with Gasteiger partial charge in [-0.15, -0.1) is 0 Å². The standard InChI is InChI=1S/C5H14N2O3S.Na/c6-3-1-5(2-4-7)11(8,9)10;/h5H,1-4,6-7H2,(H,8,9,10);/q;+1/p-1. The van der Waals surface area contributed by atoms with Gasteiger partial charge < -0.3 is 16.0 Å². The van der Waals surface area contributed by atoms with E-state index in [2.05, 4.69) is 0 Å². The van der Waals surface area contributed by atoms with Crippen LogP contribution in [0.3, 0.4) is 0 Å². The molecule has 0 saturated heterocycles. The van der Waals surface area contributed by atoms with Gasteiger partial charge in [-0.3, -0.25) is 0 Å². The van der Waals surface area contributed by atoms with Crippen molar-refractivity contribution in [2.45, 2.75) is 18.1 Å². The van der Waals surface area contributed by atoms with Gasteiger partial charge in [0.2, 0.25) is 0 Å². The summed E-state index contributed by atoms with van der Waals surface area (Å²) < 4.78 is 31.3. The van der Waals surface area contributed by atoms with E-state index in [0.29, 0.717) is 0 Å². The van der Waals surface area contributed by atoms with Gasteiger partial charge in [0.25, 0.3) is 0 Å². The fourth-order valence-corrected chi connectivity index (χ4v) is 1.65. The first-order valence-electron chi connectivity index (χ1n) is 3.37. The second-order valence-electron chi connectivity index (χ2n) is 2.27. The Morgan fingerprint density at radius 3 is 1.67 bits per heavy atom. The van der Waals surface area contributed by atoms with E-state index in [4.69, 9.17) is 11.5 Å². The molecule has 0 aromatic rings. The van der Waals surface area contributed by atoms with E-state index >= 15 is 0 Å². The van der Waals surface area contributed by atoms with Crippen LogP contribution in [0.4, 0.5) is 0 Å². The molecule has 0 heterocycles. The molecular formula is C5H13N2NaO3S. The van der Waals surface area contributed by atoms with Crippen LogP contribution < -0.4 is 41.0 Å². The van der Waals surface area contributed by atoms with Crippen LogP contribution >= 0.6 is 0 Å². The zero-order valence-electron chi connectivity index (χ0n) is 7.19. The van der Waals surface area contributed by atoms with Crippen LogP contribution in [0.15, 0.2) is 0 Å². The van der Waals surface area contributed by atoms with E-state index in [9.17, 15) is 13.0 Å². The Morgan fingerprint density at radius 1 is 1.17 bits per heavy atom. The molecule has 0 radical (unpaired) electrons. The summed E-state index contributed by atoms with van der Waals surface area (Å²) >= 11 is 0. The Labute approximate surface area is 94.9 Å². The molecule has 0 atom stereocenters. The van der Waals surface area contributed by atoms with Crippen molar-refractivity contribution in [1.29, 1.82) is 0 Å². The Balaban J connectivity index is 0. The Hall–Kier alpha value is 0.830. The largest absolute Gasteiger partial charge is 1.00 e. The van der Waals surface area contributed by atoms with Gasteiger partial charge in [-0.2, -0.15) is 0 Å². The predicted molar refractivity (Wildman–Crippen MR) is 40.8 cm³/mol.